The first kappa shape index (κ1) is 12.3. The van der Waals surface area contributed by atoms with E-state index in [0.29, 0.717) is 12.5 Å². The molecule has 1 aromatic rings. The van der Waals surface area contributed by atoms with Crippen LogP contribution in [0.4, 0.5) is 19.1 Å². The number of halogens is 3. The summed E-state index contributed by atoms with van der Waals surface area (Å²) in [6.07, 6.45) is -2.46. The first-order valence-electron chi connectivity index (χ1n) is 5.59. The fraction of sp³-hybridized carbons (Fsp3) is 0.727. The highest BCUT2D eigenvalue weighted by atomic mass is 19.4. The molecule has 1 aromatic heterocycles. The molecule has 6 heteroatoms. The molecule has 3 nitrogen and oxygen atoms in total. The van der Waals surface area contributed by atoms with Crippen molar-refractivity contribution in [2.24, 2.45) is 5.41 Å². The summed E-state index contributed by atoms with van der Waals surface area (Å²) in [5, 5.41) is 2.91. The fourth-order valence-electron chi connectivity index (χ4n) is 2.21. The van der Waals surface area contributed by atoms with Crippen LogP contribution in [0.3, 0.4) is 0 Å². The van der Waals surface area contributed by atoms with E-state index in [2.05, 4.69) is 10.3 Å². The standard InChI is InChI=1S/C11H16F3N3/c1-10(2,3)8-4-5-15-9-16-7(6-17(8)9)11(12,13)14/h6,8H,4-5H2,1-3H3,(H,15,16). The highest BCUT2D eigenvalue weighted by molar-refractivity contribution is 5.33. The fourth-order valence-corrected chi connectivity index (χ4v) is 2.21. The normalized spacial score (nSPS) is 20.9. The summed E-state index contributed by atoms with van der Waals surface area (Å²) in [6, 6.07) is 0.0438. The van der Waals surface area contributed by atoms with Crippen molar-refractivity contribution in [1.29, 1.82) is 0 Å². The van der Waals surface area contributed by atoms with Crippen LogP contribution in [0, 0.1) is 5.41 Å². The number of anilines is 1. The van der Waals surface area contributed by atoms with Gasteiger partial charge in [-0.2, -0.15) is 13.2 Å². The molecule has 0 saturated carbocycles. The molecule has 2 heterocycles. The highest BCUT2D eigenvalue weighted by Gasteiger charge is 2.38. The Hall–Kier alpha value is -1.20. The zero-order valence-electron chi connectivity index (χ0n) is 10.1. The van der Waals surface area contributed by atoms with E-state index in [1.165, 1.54) is 0 Å². The van der Waals surface area contributed by atoms with Gasteiger partial charge in [0.1, 0.15) is 0 Å². The van der Waals surface area contributed by atoms with E-state index < -0.39 is 11.9 Å². The molecule has 0 aromatic carbocycles. The predicted octanol–water partition coefficient (Wildman–Crippen LogP) is 3.30. The lowest BCUT2D eigenvalue weighted by Crippen LogP contribution is -2.31. The first-order chi connectivity index (χ1) is 7.69. The molecular formula is C11H16F3N3. The molecule has 96 valence electrons. The number of aromatic nitrogens is 2. The first-order valence-corrected chi connectivity index (χ1v) is 5.59. The van der Waals surface area contributed by atoms with E-state index in [9.17, 15) is 13.2 Å². The molecule has 0 amide bonds. The molecule has 1 unspecified atom stereocenters. The summed E-state index contributed by atoms with van der Waals surface area (Å²) in [7, 11) is 0. The summed E-state index contributed by atoms with van der Waals surface area (Å²) in [5.74, 6) is 0.323. The van der Waals surface area contributed by atoms with E-state index in [0.717, 1.165) is 12.6 Å². The second-order valence-electron chi connectivity index (χ2n) is 5.45. The van der Waals surface area contributed by atoms with Crippen LogP contribution in [0.2, 0.25) is 0 Å². The van der Waals surface area contributed by atoms with Gasteiger partial charge in [-0.25, -0.2) is 4.98 Å². The van der Waals surface area contributed by atoms with Crippen molar-refractivity contribution in [3.8, 4) is 0 Å². The third-order valence-electron chi connectivity index (χ3n) is 3.06. The van der Waals surface area contributed by atoms with E-state index in [4.69, 9.17) is 0 Å². The largest absolute Gasteiger partial charge is 0.434 e. The van der Waals surface area contributed by atoms with Crippen LogP contribution in [0.1, 0.15) is 38.9 Å². The zero-order valence-corrected chi connectivity index (χ0v) is 10.1. The third-order valence-corrected chi connectivity index (χ3v) is 3.06. The Morgan fingerprint density at radius 2 is 2.00 bits per heavy atom. The summed E-state index contributed by atoms with van der Waals surface area (Å²) in [4.78, 5) is 3.61. The van der Waals surface area contributed by atoms with Gasteiger partial charge in [-0.15, -0.1) is 0 Å². The molecule has 0 spiro atoms. The van der Waals surface area contributed by atoms with E-state index >= 15 is 0 Å². The van der Waals surface area contributed by atoms with Gasteiger partial charge in [0, 0.05) is 18.8 Å². The maximum atomic E-state index is 12.6. The lowest BCUT2D eigenvalue weighted by Gasteiger charge is -2.36. The van der Waals surface area contributed by atoms with Gasteiger partial charge in [-0.05, 0) is 11.8 Å². The minimum absolute atomic E-state index is 0.0438. The Kier molecular flexibility index (Phi) is 2.63. The van der Waals surface area contributed by atoms with Gasteiger partial charge in [-0.1, -0.05) is 20.8 Å². The number of alkyl halides is 3. The lowest BCUT2D eigenvalue weighted by molar-refractivity contribution is -0.140. The quantitative estimate of drug-likeness (QED) is 0.762. The van der Waals surface area contributed by atoms with Crippen molar-refractivity contribution in [1.82, 2.24) is 9.55 Å². The second kappa shape index (κ2) is 3.65. The lowest BCUT2D eigenvalue weighted by atomic mass is 9.84. The Balaban J connectivity index is 2.42. The summed E-state index contributed by atoms with van der Waals surface area (Å²) >= 11 is 0. The van der Waals surface area contributed by atoms with Crippen molar-refractivity contribution in [2.75, 3.05) is 11.9 Å². The van der Waals surface area contributed by atoms with Crippen LogP contribution in [0.5, 0.6) is 0 Å². The SMILES string of the molecule is CC(C)(C)C1CCNc2nc(C(F)(F)F)cn21. The van der Waals surface area contributed by atoms with Gasteiger partial charge >= 0.3 is 6.18 Å². The van der Waals surface area contributed by atoms with Crippen LogP contribution in [-0.4, -0.2) is 16.1 Å². The smallest absolute Gasteiger partial charge is 0.356 e. The minimum Gasteiger partial charge on any atom is -0.356 e. The van der Waals surface area contributed by atoms with Crippen molar-refractivity contribution < 1.29 is 13.2 Å². The van der Waals surface area contributed by atoms with Gasteiger partial charge in [-0.3, -0.25) is 0 Å². The molecule has 0 fully saturated rings. The highest BCUT2D eigenvalue weighted by Crippen LogP contribution is 2.40. The monoisotopic (exact) mass is 247 g/mol. The number of rotatable bonds is 0. The average Bonchev–Trinajstić information content (AvgIpc) is 2.57. The molecule has 17 heavy (non-hydrogen) atoms. The van der Waals surface area contributed by atoms with Crippen LogP contribution in [0.15, 0.2) is 6.20 Å². The Labute approximate surface area is 98.0 Å². The molecular weight excluding hydrogens is 231 g/mol. The van der Waals surface area contributed by atoms with Crippen molar-refractivity contribution in [2.45, 2.75) is 39.4 Å². The third kappa shape index (κ3) is 2.25. The van der Waals surface area contributed by atoms with Gasteiger partial charge in [0.05, 0.1) is 0 Å². The maximum absolute atomic E-state index is 12.6. The molecule has 2 rings (SSSR count). The predicted molar refractivity (Wildman–Crippen MR) is 58.8 cm³/mol. The molecule has 0 saturated heterocycles. The number of nitrogens with zero attached hydrogens (tertiary/aromatic N) is 2. The van der Waals surface area contributed by atoms with Crippen LogP contribution in [0.25, 0.3) is 0 Å². The summed E-state index contributed by atoms with van der Waals surface area (Å²) < 4.78 is 39.4. The molecule has 1 aliphatic rings. The van der Waals surface area contributed by atoms with Crippen molar-refractivity contribution >= 4 is 5.95 Å². The maximum Gasteiger partial charge on any atom is 0.434 e. The van der Waals surface area contributed by atoms with E-state index in [-0.39, 0.29) is 11.5 Å². The zero-order chi connectivity index (χ0) is 12.8. The molecule has 0 bridgehead atoms. The number of hydrogen-bond acceptors (Lipinski definition) is 2. The summed E-state index contributed by atoms with van der Waals surface area (Å²) in [6.45, 7) is 6.75. The van der Waals surface area contributed by atoms with Gasteiger partial charge in [0.25, 0.3) is 0 Å². The van der Waals surface area contributed by atoms with Gasteiger partial charge < -0.3 is 9.88 Å². The molecule has 0 aliphatic carbocycles. The van der Waals surface area contributed by atoms with Crippen molar-refractivity contribution in [3.05, 3.63) is 11.9 Å². The average molecular weight is 247 g/mol. The number of fused-ring (bicyclic) bond motifs is 1. The second-order valence-corrected chi connectivity index (χ2v) is 5.45. The molecule has 1 atom stereocenters. The Morgan fingerprint density at radius 1 is 1.35 bits per heavy atom. The van der Waals surface area contributed by atoms with Gasteiger partial charge in [0.2, 0.25) is 5.95 Å². The molecule has 1 aliphatic heterocycles. The Bertz CT molecular complexity index is 415. The topological polar surface area (TPSA) is 29.9 Å². The minimum atomic E-state index is -4.38. The number of imidazole rings is 1. The summed E-state index contributed by atoms with van der Waals surface area (Å²) in [5.41, 5.74) is -0.906. The van der Waals surface area contributed by atoms with Crippen LogP contribution >= 0.6 is 0 Å². The Morgan fingerprint density at radius 3 is 2.53 bits per heavy atom. The van der Waals surface area contributed by atoms with E-state index in [1.54, 1.807) is 4.57 Å². The van der Waals surface area contributed by atoms with E-state index in [1.807, 2.05) is 20.8 Å². The number of nitrogens with one attached hydrogen (secondary N) is 1. The molecule has 0 radical (unpaired) electrons. The molecule has 1 N–H and O–H groups in total. The van der Waals surface area contributed by atoms with Crippen LogP contribution in [-0.2, 0) is 6.18 Å². The van der Waals surface area contributed by atoms with Crippen molar-refractivity contribution in [3.63, 3.8) is 0 Å². The van der Waals surface area contributed by atoms with Gasteiger partial charge in [0.15, 0.2) is 5.69 Å². The number of hydrogen-bond donors (Lipinski definition) is 1. The van der Waals surface area contributed by atoms with Crippen LogP contribution < -0.4 is 5.32 Å².